The molecule has 1 fully saturated rings. The standard InChI is InChI=1S/C14H18BClO2/c1-6-10-9-11(16)7-8-12(10)15-17-13(2,3)14(4,5)18-15/h6-9H,1H2,2-5H3. The Bertz CT molecular complexity index is 467. The molecule has 0 atom stereocenters. The lowest BCUT2D eigenvalue weighted by Crippen LogP contribution is -2.41. The lowest BCUT2D eigenvalue weighted by atomic mass is 9.76. The van der Waals surface area contributed by atoms with E-state index >= 15 is 0 Å². The minimum absolute atomic E-state index is 0.338. The van der Waals surface area contributed by atoms with E-state index < -0.39 is 0 Å². The Morgan fingerprint density at radius 2 is 1.72 bits per heavy atom. The molecule has 1 saturated heterocycles. The molecular weight excluding hydrogens is 246 g/mol. The molecule has 2 nitrogen and oxygen atoms in total. The van der Waals surface area contributed by atoms with Gasteiger partial charge in [0.25, 0.3) is 0 Å². The van der Waals surface area contributed by atoms with Crippen LogP contribution in [0.3, 0.4) is 0 Å². The molecule has 1 aliphatic heterocycles. The topological polar surface area (TPSA) is 18.5 Å². The van der Waals surface area contributed by atoms with Crippen LogP contribution in [0.2, 0.25) is 5.02 Å². The van der Waals surface area contributed by atoms with Gasteiger partial charge >= 0.3 is 7.12 Å². The smallest absolute Gasteiger partial charge is 0.399 e. The second kappa shape index (κ2) is 4.41. The van der Waals surface area contributed by atoms with Crippen LogP contribution in [0.25, 0.3) is 6.08 Å². The summed E-state index contributed by atoms with van der Waals surface area (Å²) in [7, 11) is -0.375. The van der Waals surface area contributed by atoms with Gasteiger partial charge in [-0.25, -0.2) is 0 Å². The van der Waals surface area contributed by atoms with Gasteiger partial charge in [0, 0.05) is 5.02 Å². The van der Waals surface area contributed by atoms with Crippen molar-refractivity contribution < 1.29 is 9.31 Å². The maximum absolute atomic E-state index is 6.02. The molecule has 0 radical (unpaired) electrons. The van der Waals surface area contributed by atoms with Gasteiger partial charge in [-0.3, -0.25) is 0 Å². The summed E-state index contributed by atoms with van der Waals surface area (Å²) in [4.78, 5) is 0. The van der Waals surface area contributed by atoms with Gasteiger partial charge < -0.3 is 9.31 Å². The Labute approximate surface area is 114 Å². The molecular formula is C14H18BClO2. The first kappa shape index (κ1) is 13.7. The Morgan fingerprint density at radius 1 is 1.17 bits per heavy atom. The summed E-state index contributed by atoms with van der Waals surface area (Å²) in [6, 6.07) is 5.64. The first-order valence-electron chi connectivity index (χ1n) is 6.04. The van der Waals surface area contributed by atoms with Crippen molar-refractivity contribution >= 4 is 30.3 Å². The van der Waals surface area contributed by atoms with E-state index in [9.17, 15) is 0 Å². The molecule has 1 aromatic rings. The minimum Gasteiger partial charge on any atom is -0.399 e. The third-order valence-corrected chi connectivity index (χ3v) is 4.01. The summed E-state index contributed by atoms with van der Waals surface area (Å²) >= 11 is 5.98. The second-order valence-electron chi connectivity index (χ2n) is 5.57. The maximum Gasteiger partial charge on any atom is 0.495 e. The summed E-state index contributed by atoms with van der Waals surface area (Å²) in [5.74, 6) is 0. The van der Waals surface area contributed by atoms with Crippen LogP contribution in [-0.2, 0) is 9.31 Å². The zero-order valence-corrected chi connectivity index (χ0v) is 12.0. The molecule has 0 bridgehead atoms. The zero-order chi connectivity index (χ0) is 13.6. The number of hydrogen-bond donors (Lipinski definition) is 0. The highest BCUT2D eigenvalue weighted by Crippen LogP contribution is 2.36. The number of rotatable bonds is 2. The van der Waals surface area contributed by atoms with E-state index in [1.54, 1.807) is 6.08 Å². The zero-order valence-electron chi connectivity index (χ0n) is 11.3. The highest BCUT2D eigenvalue weighted by molar-refractivity contribution is 6.63. The first-order valence-corrected chi connectivity index (χ1v) is 6.42. The quantitative estimate of drug-likeness (QED) is 0.763. The van der Waals surface area contributed by atoms with E-state index in [1.165, 1.54) is 0 Å². The molecule has 1 aromatic carbocycles. The summed E-state index contributed by atoms with van der Waals surface area (Å²) < 4.78 is 12.0. The largest absolute Gasteiger partial charge is 0.495 e. The molecule has 1 aliphatic rings. The SMILES string of the molecule is C=Cc1cc(Cl)ccc1B1OC(C)(C)C(C)(C)O1. The van der Waals surface area contributed by atoms with Gasteiger partial charge in [-0.15, -0.1) is 0 Å². The molecule has 0 spiro atoms. The van der Waals surface area contributed by atoms with Crippen molar-refractivity contribution in [3.63, 3.8) is 0 Å². The van der Waals surface area contributed by atoms with Gasteiger partial charge in [0.15, 0.2) is 0 Å². The number of halogens is 1. The normalized spacial score (nSPS) is 21.1. The summed E-state index contributed by atoms with van der Waals surface area (Å²) in [6.45, 7) is 12.0. The number of benzene rings is 1. The maximum atomic E-state index is 6.02. The van der Waals surface area contributed by atoms with Crippen molar-refractivity contribution in [1.82, 2.24) is 0 Å². The summed E-state index contributed by atoms with van der Waals surface area (Å²) in [6.07, 6.45) is 1.77. The lowest BCUT2D eigenvalue weighted by Gasteiger charge is -2.32. The molecule has 96 valence electrons. The summed E-state index contributed by atoms with van der Waals surface area (Å²) in [5.41, 5.74) is 1.24. The average molecular weight is 265 g/mol. The van der Waals surface area contributed by atoms with Gasteiger partial charge in [0.2, 0.25) is 0 Å². The Morgan fingerprint density at radius 3 is 2.22 bits per heavy atom. The Kier molecular flexibility index (Phi) is 3.35. The van der Waals surface area contributed by atoms with E-state index in [1.807, 2.05) is 45.9 Å². The van der Waals surface area contributed by atoms with Crippen LogP contribution in [0.15, 0.2) is 24.8 Å². The molecule has 0 unspecified atom stereocenters. The number of hydrogen-bond acceptors (Lipinski definition) is 2. The van der Waals surface area contributed by atoms with Crippen LogP contribution < -0.4 is 5.46 Å². The lowest BCUT2D eigenvalue weighted by molar-refractivity contribution is 0.00578. The minimum atomic E-state index is -0.375. The third-order valence-electron chi connectivity index (χ3n) is 3.78. The van der Waals surface area contributed by atoms with Gasteiger partial charge in [-0.05, 0) is 50.9 Å². The molecule has 0 N–H and O–H groups in total. The molecule has 1 heterocycles. The summed E-state index contributed by atoms with van der Waals surface area (Å²) in [5, 5.41) is 0.685. The molecule has 2 rings (SSSR count). The van der Waals surface area contributed by atoms with Crippen LogP contribution in [0.5, 0.6) is 0 Å². The monoisotopic (exact) mass is 264 g/mol. The van der Waals surface area contributed by atoms with E-state index in [0.717, 1.165) is 11.0 Å². The van der Waals surface area contributed by atoms with E-state index in [2.05, 4.69) is 6.58 Å². The fraction of sp³-hybridized carbons (Fsp3) is 0.429. The van der Waals surface area contributed by atoms with Gasteiger partial charge in [0.1, 0.15) is 0 Å². The molecule has 18 heavy (non-hydrogen) atoms. The molecule has 4 heteroatoms. The second-order valence-corrected chi connectivity index (χ2v) is 6.00. The predicted molar refractivity (Wildman–Crippen MR) is 77.3 cm³/mol. The van der Waals surface area contributed by atoms with Crippen LogP contribution in [0, 0.1) is 0 Å². The van der Waals surface area contributed by atoms with E-state index in [-0.39, 0.29) is 18.3 Å². The fourth-order valence-electron chi connectivity index (χ4n) is 1.91. The third kappa shape index (κ3) is 2.23. The van der Waals surface area contributed by atoms with Gasteiger partial charge in [0.05, 0.1) is 11.2 Å². The molecule has 0 aromatic heterocycles. The van der Waals surface area contributed by atoms with Crippen molar-refractivity contribution in [2.45, 2.75) is 38.9 Å². The first-order chi connectivity index (χ1) is 8.27. The van der Waals surface area contributed by atoms with Crippen LogP contribution in [0.1, 0.15) is 33.3 Å². The highest BCUT2D eigenvalue weighted by atomic mass is 35.5. The fourth-order valence-corrected chi connectivity index (χ4v) is 2.09. The van der Waals surface area contributed by atoms with Crippen molar-refractivity contribution in [3.8, 4) is 0 Å². The van der Waals surface area contributed by atoms with Gasteiger partial charge in [-0.2, -0.15) is 0 Å². The van der Waals surface area contributed by atoms with Crippen LogP contribution in [-0.4, -0.2) is 18.3 Å². The van der Waals surface area contributed by atoms with Crippen LogP contribution >= 0.6 is 11.6 Å². The molecule has 0 saturated carbocycles. The van der Waals surface area contributed by atoms with Crippen molar-refractivity contribution in [2.24, 2.45) is 0 Å². The Hall–Kier alpha value is -0.765. The molecule has 0 amide bonds. The average Bonchev–Trinajstić information content (AvgIpc) is 2.47. The Balaban J connectivity index is 2.38. The van der Waals surface area contributed by atoms with Gasteiger partial charge in [-0.1, -0.05) is 30.3 Å². The van der Waals surface area contributed by atoms with E-state index in [0.29, 0.717) is 5.02 Å². The highest BCUT2D eigenvalue weighted by Gasteiger charge is 2.52. The predicted octanol–water partition coefficient (Wildman–Crippen LogP) is 3.28. The van der Waals surface area contributed by atoms with Crippen molar-refractivity contribution in [2.75, 3.05) is 0 Å². The van der Waals surface area contributed by atoms with E-state index in [4.69, 9.17) is 20.9 Å². The van der Waals surface area contributed by atoms with Crippen LogP contribution in [0.4, 0.5) is 0 Å². The van der Waals surface area contributed by atoms with Crippen molar-refractivity contribution in [1.29, 1.82) is 0 Å². The molecule has 0 aliphatic carbocycles. The van der Waals surface area contributed by atoms with Crippen molar-refractivity contribution in [3.05, 3.63) is 35.4 Å².